The molecule has 0 bridgehead atoms. The van der Waals surface area contributed by atoms with Gasteiger partial charge in [-0.25, -0.2) is 4.98 Å². The van der Waals surface area contributed by atoms with Crippen molar-refractivity contribution >= 4 is 5.91 Å². The van der Waals surface area contributed by atoms with Crippen molar-refractivity contribution in [3.63, 3.8) is 0 Å². The standard InChI is InChI=1S/C14H12F3N3O2/c1-9-6-18-8-12(20-9)13(21)19-7-10-2-4-11(5-3-10)22-14(15,16)17/h2-6,8H,7H2,1H3,(H,19,21). The molecule has 0 aliphatic carbocycles. The molecular weight excluding hydrogens is 299 g/mol. The maximum Gasteiger partial charge on any atom is 0.573 e. The van der Waals surface area contributed by atoms with Crippen molar-refractivity contribution in [1.29, 1.82) is 0 Å². The molecule has 5 nitrogen and oxygen atoms in total. The van der Waals surface area contributed by atoms with E-state index in [1.54, 1.807) is 6.92 Å². The van der Waals surface area contributed by atoms with Crippen LogP contribution in [0.2, 0.25) is 0 Å². The molecule has 1 aromatic carbocycles. The number of hydrogen-bond donors (Lipinski definition) is 1. The Kier molecular flexibility index (Phi) is 4.59. The van der Waals surface area contributed by atoms with Crippen LogP contribution in [-0.4, -0.2) is 22.2 Å². The average Bonchev–Trinajstić information content (AvgIpc) is 2.44. The molecule has 0 aliphatic rings. The number of aromatic nitrogens is 2. The van der Waals surface area contributed by atoms with E-state index in [-0.39, 0.29) is 18.0 Å². The van der Waals surface area contributed by atoms with Gasteiger partial charge in [-0.05, 0) is 24.6 Å². The van der Waals surface area contributed by atoms with Crippen molar-refractivity contribution in [2.24, 2.45) is 0 Å². The van der Waals surface area contributed by atoms with Gasteiger partial charge in [0.15, 0.2) is 0 Å². The molecule has 0 radical (unpaired) electrons. The molecule has 0 atom stereocenters. The number of nitrogens with zero attached hydrogens (tertiary/aromatic N) is 2. The minimum atomic E-state index is -4.72. The Morgan fingerprint density at radius 1 is 1.23 bits per heavy atom. The van der Waals surface area contributed by atoms with E-state index in [2.05, 4.69) is 20.0 Å². The Labute approximate surface area is 124 Å². The minimum Gasteiger partial charge on any atom is -0.406 e. The predicted octanol–water partition coefficient (Wildman–Crippen LogP) is 2.61. The van der Waals surface area contributed by atoms with Crippen LogP contribution in [0, 0.1) is 6.92 Å². The number of nitrogens with one attached hydrogen (secondary N) is 1. The van der Waals surface area contributed by atoms with E-state index in [0.29, 0.717) is 11.3 Å². The van der Waals surface area contributed by atoms with E-state index in [4.69, 9.17) is 0 Å². The highest BCUT2D eigenvalue weighted by Gasteiger charge is 2.30. The molecule has 0 saturated carbocycles. The summed E-state index contributed by atoms with van der Waals surface area (Å²) in [6, 6.07) is 5.23. The van der Waals surface area contributed by atoms with E-state index in [9.17, 15) is 18.0 Å². The number of carbonyl (C=O) groups is 1. The number of aryl methyl sites for hydroxylation is 1. The third kappa shape index (κ3) is 4.72. The van der Waals surface area contributed by atoms with Gasteiger partial charge >= 0.3 is 6.36 Å². The molecule has 0 fully saturated rings. The summed E-state index contributed by atoms with van der Waals surface area (Å²) in [5.41, 5.74) is 1.42. The van der Waals surface area contributed by atoms with Gasteiger partial charge in [0, 0.05) is 12.7 Å². The van der Waals surface area contributed by atoms with Gasteiger partial charge in [-0.3, -0.25) is 9.78 Å². The molecule has 0 unspecified atom stereocenters. The molecule has 1 amide bonds. The Morgan fingerprint density at radius 2 is 1.91 bits per heavy atom. The number of carbonyl (C=O) groups excluding carboxylic acids is 1. The molecule has 1 N–H and O–H groups in total. The highest BCUT2D eigenvalue weighted by Crippen LogP contribution is 2.22. The molecule has 1 aromatic heterocycles. The number of rotatable bonds is 4. The highest BCUT2D eigenvalue weighted by molar-refractivity contribution is 5.91. The average molecular weight is 311 g/mol. The first-order valence-corrected chi connectivity index (χ1v) is 6.25. The molecule has 1 heterocycles. The quantitative estimate of drug-likeness (QED) is 0.942. The van der Waals surface area contributed by atoms with E-state index >= 15 is 0 Å². The van der Waals surface area contributed by atoms with Crippen molar-refractivity contribution in [2.75, 3.05) is 0 Å². The smallest absolute Gasteiger partial charge is 0.406 e. The first-order valence-electron chi connectivity index (χ1n) is 6.25. The van der Waals surface area contributed by atoms with Gasteiger partial charge < -0.3 is 10.1 Å². The number of halogens is 3. The van der Waals surface area contributed by atoms with E-state index in [1.807, 2.05) is 0 Å². The topological polar surface area (TPSA) is 64.1 Å². The zero-order valence-corrected chi connectivity index (χ0v) is 11.5. The lowest BCUT2D eigenvalue weighted by Gasteiger charge is -2.09. The summed E-state index contributed by atoms with van der Waals surface area (Å²) in [4.78, 5) is 19.7. The van der Waals surface area contributed by atoms with Crippen molar-refractivity contribution in [3.8, 4) is 5.75 Å². The van der Waals surface area contributed by atoms with Crippen LogP contribution in [0.15, 0.2) is 36.7 Å². The second kappa shape index (κ2) is 6.42. The van der Waals surface area contributed by atoms with Gasteiger partial charge in [0.2, 0.25) is 0 Å². The van der Waals surface area contributed by atoms with Gasteiger partial charge in [-0.15, -0.1) is 13.2 Å². The van der Waals surface area contributed by atoms with Crippen molar-refractivity contribution in [2.45, 2.75) is 19.8 Å². The Balaban J connectivity index is 1.93. The molecule has 0 aliphatic heterocycles. The first kappa shape index (κ1) is 15.7. The van der Waals surface area contributed by atoms with E-state index < -0.39 is 12.3 Å². The van der Waals surface area contributed by atoms with Gasteiger partial charge in [-0.1, -0.05) is 12.1 Å². The SMILES string of the molecule is Cc1cncc(C(=O)NCc2ccc(OC(F)(F)F)cc2)n1. The van der Waals surface area contributed by atoms with Crippen LogP contribution >= 0.6 is 0 Å². The van der Waals surface area contributed by atoms with E-state index in [0.717, 1.165) is 0 Å². The van der Waals surface area contributed by atoms with Crippen LogP contribution in [0.3, 0.4) is 0 Å². The molecule has 116 valence electrons. The fourth-order valence-electron chi connectivity index (χ4n) is 1.65. The van der Waals surface area contributed by atoms with Crippen LogP contribution in [-0.2, 0) is 6.54 Å². The van der Waals surface area contributed by atoms with Crippen molar-refractivity contribution in [1.82, 2.24) is 15.3 Å². The largest absolute Gasteiger partial charge is 0.573 e. The van der Waals surface area contributed by atoms with Crippen LogP contribution < -0.4 is 10.1 Å². The molecule has 0 spiro atoms. The molecule has 0 saturated heterocycles. The first-order chi connectivity index (χ1) is 10.3. The lowest BCUT2D eigenvalue weighted by Crippen LogP contribution is -2.24. The van der Waals surface area contributed by atoms with Crippen LogP contribution in [0.4, 0.5) is 13.2 Å². The van der Waals surface area contributed by atoms with Gasteiger partial charge in [0.05, 0.1) is 11.9 Å². The number of benzene rings is 1. The fraction of sp³-hybridized carbons (Fsp3) is 0.214. The maximum absolute atomic E-state index is 12.0. The summed E-state index contributed by atoms with van der Waals surface area (Å²) in [6.07, 6.45) is -1.86. The summed E-state index contributed by atoms with van der Waals surface area (Å²) in [6.45, 7) is 1.86. The molecule has 22 heavy (non-hydrogen) atoms. The number of amides is 1. The summed E-state index contributed by atoms with van der Waals surface area (Å²) in [5.74, 6) is -0.723. The van der Waals surface area contributed by atoms with Crippen molar-refractivity contribution < 1.29 is 22.7 Å². The number of ether oxygens (including phenoxy) is 1. The fourth-order valence-corrected chi connectivity index (χ4v) is 1.65. The Bertz CT molecular complexity index is 657. The normalized spacial score (nSPS) is 11.1. The molecule has 2 aromatic rings. The third-order valence-corrected chi connectivity index (χ3v) is 2.60. The zero-order valence-electron chi connectivity index (χ0n) is 11.5. The van der Waals surface area contributed by atoms with Crippen LogP contribution in [0.5, 0.6) is 5.75 Å². The van der Waals surface area contributed by atoms with Crippen LogP contribution in [0.1, 0.15) is 21.7 Å². The summed E-state index contributed by atoms with van der Waals surface area (Å²) in [5, 5.41) is 2.61. The third-order valence-electron chi connectivity index (χ3n) is 2.60. The molecule has 8 heteroatoms. The lowest BCUT2D eigenvalue weighted by molar-refractivity contribution is -0.274. The minimum absolute atomic E-state index is 0.154. The van der Waals surface area contributed by atoms with E-state index in [1.165, 1.54) is 36.7 Å². The second-order valence-electron chi connectivity index (χ2n) is 4.42. The maximum atomic E-state index is 12.0. The number of alkyl halides is 3. The number of hydrogen-bond acceptors (Lipinski definition) is 4. The monoisotopic (exact) mass is 311 g/mol. The lowest BCUT2D eigenvalue weighted by atomic mass is 10.2. The molecular formula is C14H12F3N3O2. The summed E-state index contributed by atoms with van der Waals surface area (Å²) in [7, 11) is 0. The highest BCUT2D eigenvalue weighted by atomic mass is 19.4. The predicted molar refractivity (Wildman–Crippen MR) is 71.1 cm³/mol. The van der Waals surface area contributed by atoms with Crippen molar-refractivity contribution in [3.05, 3.63) is 53.6 Å². The Hall–Kier alpha value is -2.64. The summed E-state index contributed by atoms with van der Waals surface area (Å²) >= 11 is 0. The van der Waals surface area contributed by atoms with Gasteiger partial charge in [-0.2, -0.15) is 0 Å². The van der Waals surface area contributed by atoms with Crippen LogP contribution in [0.25, 0.3) is 0 Å². The second-order valence-corrected chi connectivity index (χ2v) is 4.42. The van der Waals surface area contributed by atoms with Gasteiger partial charge in [0.25, 0.3) is 5.91 Å². The zero-order chi connectivity index (χ0) is 16.2. The Morgan fingerprint density at radius 3 is 2.50 bits per heavy atom. The molecule has 2 rings (SSSR count). The summed E-state index contributed by atoms with van der Waals surface area (Å²) < 4.78 is 39.8. The van der Waals surface area contributed by atoms with Gasteiger partial charge in [0.1, 0.15) is 11.4 Å².